The van der Waals surface area contributed by atoms with Crippen molar-refractivity contribution in [2.75, 3.05) is 13.9 Å². The zero-order chi connectivity index (χ0) is 17.7. The molecule has 2 rings (SSSR count). The molecule has 0 spiro atoms. The van der Waals surface area contributed by atoms with E-state index in [1.807, 2.05) is 32.0 Å². The lowest BCUT2D eigenvalue weighted by Gasteiger charge is -2.18. The minimum atomic E-state index is 0.263. The van der Waals surface area contributed by atoms with Gasteiger partial charge in [-0.1, -0.05) is 26.0 Å². The highest BCUT2D eigenvalue weighted by Crippen LogP contribution is 2.31. The van der Waals surface area contributed by atoms with Gasteiger partial charge in [-0.2, -0.15) is 0 Å². The van der Waals surface area contributed by atoms with Crippen molar-refractivity contribution in [2.45, 2.75) is 46.5 Å². The van der Waals surface area contributed by atoms with E-state index in [0.29, 0.717) is 11.7 Å². The third-order valence-electron chi connectivity index (χ3n) is 4.61. The van der Waals surface area contributed by atoms with E-state index in [4.69, 9.17) is 9.47 Å². The summed E-state index contributed by atoms with van der Waals surface area (Å²) in [4.78, 5) is 0. The molecule has 0 saturated carbocycles. The van der Waals surface area contributed by atoms with Gasteiger partial charge in [-0.25, -0.2) is 0 Å². The first-order valence-corrected chi connectivity index (χ1v) is 8.49. The monoisotopic (exact) mass is 328 g/mol. The largest absolute Gasteiger partial charge is 0.508 e. The smallest absolute Gasteiger partial charge is 0.188 e. The summed E-state index contributed by atoms with van der Waals surface area (Å²) < 4.78 is 10.8. The highest BCUT2D eigenvalue weighted by molar-refractivity contribution is 5.46. The minimum Gasteiger partial charge on any atom is -0.508 e. The fourth-order valence-corrected chi connectivity index (χ4v) is 3.02. The van der Waals surface area contributed by atoms with Crippen molar-refractivity contribution in [1.82, 2.24) is 0 Å². The maximum Gasteiger partial charge on any atom is 0.188 e. The summed E-state index contributed by atoms with van der Waals surface area (Å²) in [6.45, 7) is 8.77. The Morgan fingerprint density at radius 1 is 1.08 bits per heavy atom. The van der Waals surface area contributed by atoms with E-state index in [9.17, 15) is 5.11 Å². The van der Waals surface area contributed by atoms with Crippen LogP contribution in [-0.2, 0) is 11.2 Å². The van der Waals surface area contributed by atoms with Crippen molar-refractivity contribution in [3.63, 3.8) is 0 Å². The van der Waals surface area contributed by atoms with Gasteiger partial charge in [0.05, 0.1) is 0 Å². The molecule has 1 atom stereocenters. The number of phenols is 1. The van der Waals surface area contributed by atoms with Gasteiger partial charge in [-0.15, -0.1) is 0 Å². The van der Waals surface area contributed by atoms with Gasteiger partial charge >= 0.3 is 0 Å². The fraction of sp³-hybridized carbons (Fsp3) is 0.429. The van der Waals surface area contributed by atoms with E-state index in [0.717, 1.165) is 29.7 Å². The van der Waals surface area contributed by atoms with Crippen LogP contribution in [0.5, 0.6) is 11.5 Å². The highest BCUT2D eigenvalue weighted by Gasteiger charge is 2.13. The minimum absolute atomic E-state index is 0.263. The summed E-state index contributed by atoms with van der Waals surface area (Å²) in [5.74, 6) is 1.66. The van der Waals surface area contributed by atoms with E-state index >= 15 is 0 Å². The second-order valence-corrected chi connectivity index (χ2v) is 6.47. The van der Waals surface area contributed by atoms with Crippen LogP contribution in [0.25, 0.3) is 0 Å². The number of aryl methyl sites for hydroxylation is 2. The molecule has 3 heteroatoms. The van der Waals surface area contributed by atoms with Crippen molar-refractivity contribution in [3.8, 4) is 11.5 Å². The van der Waals surface area contributed by atoms with Crippen LogP contribution in [0.15, 0.2) is 30.3 Å². The number of ether oxygens (including phenoxy) is 2. The topological polar surface area (TPSA) is 38.7 Å². The summed E-state index contributed by atoms with van der Waals surface area (Å²) in [5, 5.41) is 9.72. The van der Waals surface area contributed by atoms with Gasteiger partial charge in [0.15, 0.2) is 6.79 Å². The summed E-state index contributed by atoms with van der Waals surface area (Å²) in [5.41, 5.74) is 6.00. The van der Waals surface area contributed by atoms with E-state index in [2.05, 4.69) is 26.0 Å². The zero-order valence-corrected chi connectivity index (χ0v) is 15.3. The average Bonchev–Trinajstić information content (AvgIpc) is 2.55. The average molecular weight is 328 g/mol. The molecule has 0 bridgehead atoms. The molecule has 0 aliphatic carbocycles. The third kappa shape index (κ3) is 4.30. The Balaban J connectivity index is 2.34. The van der Waals surface area contributed by atoms with Gasteiger partial charge in [-0.05, 0) is 78.6 Å². The summed E-state index contributed by atoms with van der Waals surface area (Å²) in [6, 6.07) is 10.1. The van der Waals surface area contributed by atoms with Crippen molar-refractivity contribution in [1.29, 1.82) is 0 Å². The number of hydrogen-bond donors (Lipinski definition) is 1. The molecule has 130 valence electrons. The lowest BCUT2D eigenvalue weighted by molar-refractivity contribution is 0.0502. The number of benzene rings is 2. The SMILES string of the molecule is CCC(C)c1cc(Cc2c(C)cc(O)cc2C)ccc1OCOC. The summed E-state index contributed by atoms with van der Waals surface area (Å²) in [7, 11) is 1.63. The predicted octanol–water partition coefficient (Wildman–Crippen LogP) is 5.10. The first kappa shape index (κ1) is 18.3. The molecule has 2 aromatic rings. The molecule has 0 aromatic heterocycles. The summed E-state index contributed by atoms with van der Waals surface area (Å²) >= 11 is 0. The Bertz CT molecular complexity index is 668. The molecule has 0 fully saturated rings. The van der Waals surface area contributed by atoms with Gasteiger partial charge in [0.2, 0.25) is 0 Å². The molecule has 1 unspecified atom stereocenters. The molecule has 0 radical (unpaired) electrons. The Morgan fingerprint density at radius 2 is 1.75 bits per heavy atom. The molecule has 24 heavy (non-hydrogen) atoms. The quantitative estimate of drug-likeness (QED) is 0.719. The van der Waals surface area contributed by atoms with Crippen molar-refractivity contribution >= 4 is 0 Å². The standard InChI is InChI=1S/C21H28O3/c1-6-14(2)20-12-17(7-8-21(20)24-13-23-5)11-19-15(3)9-18(22)10-16(19)4/h7-10,12,14,22H,6,11,13H2,1-5H3. The number of phenolic OH excluding ortho intramolecular Hbond substituents is 1. The maximum atomic E-state index is 9.72. The van der Waals surface area contributed by atoms with Crippen LogP contribution in [0.1, 0.15) is 54.0 Å². The van der Waals surface area contributed by atoms with Crippen LogP contribution < -0.4 is 4.74 Å². The van der Waals surface area contributed by atoms with Gasteiger partial charge in [0.1, 0.15) is 11.5 Å². The first-order valence-electron chi connectivity index (χ1n) is 8.49. The number of hydrogen-bond acceptors (Lipinski definition) is 3. The lowest BCUT2D eigenvalue weighted by Crippen LogP contribution is -2.05. The second kappa shape index (κ2) is 8.20. The van der Waals surface area contributed by atoms with Crippen molar-refractivity contribution < 1.29 is 14.6 Å². The Labute approximate surface area is 145 Å². The molecule has 0 aliphatic heterocycles. The summed E-state index contributed by atoms with van der Waals surface area (Å²) in [6.07, 6.45) is 1.91. The van der Waals surface area contributed by atoms with E-state index in [-0.39, 0.29) is 6.79 Å². The molecule has 1 N–H and O–H groups in total. The molecule has 0 heterocycles. The molecule has 3 nitrogen and oxygen atoms in total. The third-order valence-corrected chi connectivity index (χ3v) is 4.61. The second-order valence-electron chi connectivity index (χ2n) is 6.47. The van der Waals surface area contributed by atoms with E-state index in [1.165, 1.54) is 16.7 Å². The van der Waals surface area contributed by atoms with E-state index in [1.54, 1.807) is 7.11 Å². The van der Waals surface area contributed by atoms with E-state index < -0.39 is 0 Å². The molecule has 0 amide bonds. The van der Waals surface area contributed by atoms with Crippen LogP contribution in [0.4, 0.5) is 0 Å². The highest BCUT2D eigenvalue weighted by atomic mass is 16.7. The Morgan fingerprint density at radius 3 is 2.33 bits per heavy atom. The van der Waals surface area contributed by atoms with Gasteiger partial charge in [0.25, 0.3) is 0 Å². The molecule has 0 saturated heterocycles. The number of methoxy groups -OCH3 is 1. The van der Waals surface area contributed by atoms with Crippen molar-refractivity contribution in [2.24, 2.45) is 0 Å². The molecule has 2 aromatic carbocycles. The Kier molecular flexibility index (Phi) is 6.27. The van der Waals surface area contributed by atoms with Crippen molar-refractivity contribution in [3.05, 3.63) is 58.1 Å². The first-order chi connectivity index (χ1) is 11.5. The van der Waals surface area contributed by atoms with Crippen LogP contribution in [0, 0.1) is 13.8 Å². The molecule has 0 aliphatic rings. The zero-order valence-electron chi connectivity index (χ0n) is 15.3. The van der Waals surface area contributed by atoms with Gasteiger partial charge in [0, 0.05) is 7.11 Å². The van der Waals surface area contributed by atoms with Gasteiger partial charge in [-0.3, -0.25) is 0 Å². The van der Waals surface area contributed by atoms with Crippen LogP contribution >= 0.6 is 0 Å². The normalized spacial score (nSPS) is 12.2. The predicted molar refractivity (Wildman–Crippen MR) is 98.0 cm³/mol. The maximum absolute atomic E-state index is 9.72. The van der Waals surface area contributed by atoms with Crippen LogP contribution in [-0.4, -0.2) is 19.0 Å². The van der Waals surface area contributed by atoms with Crippen LogP contribution in [0.3, 0.4) is 0 Å². The lowest BCUT2D eigenvalue weighted by atomic mass is 9.91. The Hall–Kier alpha value is -2.00. The fourth-order valence-electron chi connectivity index (χ4n) is 3.02. The van der Waals surface area contributed by atoms with Crippen LogP contribution in [0.2, 0.25) is 0 Å². The van der Waals surface area contributed by atoms with Gasteiger partial charge < -0.3 is 14.6 Å². The number of aromatic hydroxyl groups is 1. The molecular formula is C21H28O3. The molecular weight excluding hydrogens is 300 g/mol. The number of rotatable bonds is 7.